The van der Waals surface area contributed by atoms with Gasteiger partial charge in [-0.15, -0.1) is 0 Å². The van der Waals surface area contributed by atoms with Crippen molar-refractivity contribution in [2.45, 2.75) is 18.2 Å². The Morgan fingerprint density at radius 3 is 2.40 bits per heavy atom. The molecule has 5 heteroatoms. The fourth-order valence-electron chi connectivity index (χ4n) is 0.980. The van der Waals surface area contributed by atoms with E-state index in [1.807, 2.05) is 0 Å². The van der Waals surface area contributed by atoms with E-state index in [4.69, 9.17) is 15.9 Å². The van der Waals surface area contributed by atoms with Gasteiger partial charge in [-0.1, -0.05) is 0 Å². The number of rotatable bonds is 1. The maximum atomic E-state index is 10.4. The second kappa shape index (κ2) is 2.53. The molecule has 0 radical (unpaired) electrons. The first kappa shape index (κ1) is 7.46. The summed E-state index contributed by atoms with van der Waals surface area (Å²) in [4.78, 5) is 10.4. The average molecular weight is 146 g/mol. The van der Waals surface area contributed by atoms with E-state index in [2.05, 4.69) is 5.32 Å². The van der Waals surface area contributed by atoms with Crippen molar-refractivity contribution in [3.63, 3.8) is 0 Å². The largest absolute Gasteiger partial charge is 0.389 e. The van der Waals surface area contributed by atoms with Crippen molar-refractivity contribution in [3.8, 4) is 0 Å². The Balaban J connectivity index is 2.57. The zero-order valence-corrected chi connectivity index (χ0v) is 5.32. The van der Waals surface area contributed by atoms with E-state index < -0.39 is 24.2 Å². The summed E-state index contributed by atoms with van der Waals surface area (Å²) in [7, 11) is 0. The zero-order chi connectivity index (χ0) is 7.72. The van der Waals surface area contributed by atoms with Crippen molar-refractivity contribution in [1.82, 2.24) is 5.32 Å². The molecule has 1 aliphatic heterocycles. The van der Waals surface area contributed by atoms with Crippen LogP contribution in [0.4, 0.5) is 0 Å². The molecule has 58 valence electrons. The number of carbonyl (C=O) groups is 1. The molecule has 0 bridgehead atoms. The van der Waals surface area contributed by atoms with E-state index in [9.17, 15) is 4.79 Å². The molecular formula is C5H10N2O3. The predicted molar refractivity (Wildman–Crippen MR) is 33.0 cm³/mol. The molecular weight excluding hydrogens is 136 g/mol. The van der Waals surface area contributed by atoms with E-state index in [1.165, 1.54) is 0 Å². The molecule has 3 atom stereocenters. The van der Waals surface area contributed by atoms with E-state index >= 15 is 0 Å². The number of β-amino-alcohol motifs (C(OH)–C–C–N with tert-alkyl or cyclic N) is 1. The van der Waals surface area contributed by atoms with Crippen molar-refractivity contribution in [1.29, 1.82) is 0 Å². The van der Waals surface area contributed by atoms with Crippen LogP contribution in [-0.4, -0.2) is 40.9 Å². The fraction of sp³-hybridized carbons (Fsp3) is 0.800. The Bertz CT molecular complexity index is 150. The highest BCUT2D eigenvalue weighted by atomic mass is 16.3. The monoisotopic (exact) mass is 146 g/mol. The molecule has 1 heterocycles. The van der Waals surface area contributed by atoms with Crippen LogP contribution in [0, 0.1) is 0 Å². The normalized spacial score (nSPS) is 40.0. The van der Waals surface area contributed by atoms with Crippen molar-refractivity contribution < 1.29 is 15.0 Å². The van der Waals surface area contributed by atoms with E-state index in [0.29, 0.717) is 0 Å². The van der Waals surface area contributed by atoms with Crippen LogP contribution in [0.3, 0.4) is 0 Å². The lowest BCUT2D eigenvalue weighted by atomic mass is 10.1. The smallest absolute Gasteiger partial charge is 0.237 e. The molecule has 0 aromatic carbocycles. The fourth-order valence-corrected chi connectivity index (χ4v) is 0.980. The molecule has 0 spiro atoms. The second-order valence-corrected chi connectivity index (χ2v) is 2.35. The summed E-state index contributed by atoms with van der Waals surface area (Å²) < 4.78 is 0. The van der Waals surface area contributed by atoms with E-state index in [1.54, 1.807) is 0 Å². The van der Waals surface area contributed by atoms with Gasteiger partial charge < -0.3 is 21.3 Å². The third kappa shape index (κ3) is 1.11. The molecule has 0 aromatic heterocycles. The van der Waals surface area contributed by atoms with Crippen LogP contribution in [0.15, 0.2) is 0 Å². The van der Waals surface area contributed by atoms with Crippen molar-refractivity contribution in [2.75, 3.05) is 6.54 Å². The van der Waals surface area contributed by atoms with Crippen LogP contribution in [0.25, 0.3) is 0 Å². The van der Waals surface area contributed by atoms with Crippen LogP contribution >= 0.6 is 0 Å². The Morgan fingerprint density at radius 2 is 2.20 bits per heavy atom. The molecule has 0 unspecified atom stereocenters. The molecule has 1 fully saturated rings. The van der Waals surface area contributed by atoms with E-state index in [0.717, 1.165) is 0 Å². The number of aliphatic hydroxyl groups is 2. The van der Waals surface area contributed by atoms with Gasteiger partial charge in [0.2, 0.25) is 5.91 Å². The summed E-state index contributed by atoms with van der Waals surface area (Å²) >= 11 is 0. The SMILES string of the molecule is NC(=O)[C@@H]1NC[C@@H](O)[C@H]1O. The van der Waals surface area contributed by atoms with Gasteiger partial charge in [0.25, 0.3) is 0 Å². The van der Waals surface area contributed by atoms with Gasteiger partial charge in [0.15, 0.2) is 0 Å². The molecule has 5 N–H and O–H groups in total. The number of aliphatic hydroxyl groups excluding tert-OH is 2. The number of hydrogen-bond donors (Lipinski definition) is 4. The van der Waals surface area contributed by atoms with Gasteiger partial charge in [-0.3, -0.25) is 4.79 Å². The van der Waals surface area contributed by atoms with Gasteiger partial charge in [0, 0.05) is 6.54 Å². The molecule has 0 saturated carbocycles. The molecule has 1 amide bonds. The van der Waals surface area contributed by atoms with Crippen LogP contribution in [0.2, 0.25) is 0 Å². The molecule has 1 aliphatic rings. The van der Waals surface area contributed by atoms with Gasteiger partial charge in [-0.05, 0) is 0 Å². The summed E-state index contributed by atoms with van der Waals surface area (Å²) in [6.07, 6.45) is -1.94. The third-order valence-electron chi connectivity index (χ3n) is 1.59. The van der Waals surface area contributed by atoms with Gasteiger partial charge in [-0.2, -0.15) is 0 Å². The molecule has 0 aromatic rings. The highest BCUT2D eigenvalue weighted by molar-refractivity contribution is 5.81. The molecule has 10 heavy (non-hydrogen) atoms. The third-order valence-corrected chi connectivity index (χ3v) is 1.59. The number of nitrogens with one attached hydrogen (secondary N) is 1. The average Bonchev–Trinajstić information content (AvgIpc) is 2.14. The van der Waals surface area contributed by atoms with E-state index in [-0.39, 0.29) is 6.54 Å². The first-order valence-corrected chi connectivity index (χ1v) is 3.02. The summed E-state index contributed by atoms with van der Waals surface area (Å²) in [5.41, 5.74) is 4.88. The van der Waals surface area contributed by atoms with Crippen LogP contribution in [0.1, 0.15) is 0 Å². The Hall–Kier alpha value is -0.650. The quantitative estimate of drug-likeness (QED) is 0.320. The minimum absolute atomic E-state index is 0.217. The maximum Gasteiger partial charge on any atom is 0.237 e. The number of nitrogens with two attached hydrogens (primary N) is 1. The first-order valence-electron chi connectivity index (χ1n) is 3.02. The lowest BCUT2D eigenvalue weighted by molar-refractivity contribution is -0.122. The lowest BCUT2D eigenvalue weighted by Gasteiger charge is -2.10. The van der Waals surface area contributed by atoms with Crippen LogP contribution < -0.4 is 11.1 Å². The van der Waals surface area contributed by atoms with Crippen molar-refractivity contribution >= 4 is 5.91 Å². The number of hydrogen-bond acceptors (Lipinski definition) is 4. The number of primary amides is 1. The second-order valence-electron chi connectivity index (χ2n) is 2.35. The molecule has 5 nitrogen and oxygen atoms in total. The molecule has 1 saturated heterocycles. The van der Waals surface area contributed by atoms with Crippen LogP contribution in [0.5, 0.6) is 0 Å². The predicted octanol–water partition coefficient (Wildman–Crippen LogP) is -2.83. The van der Waals surface area contributed by atoms with Gasteiger partial charge in [0.1, 0.15) is 12.1 Å². The number of carbonyl (C=O) groups excluding carboxylic acids is 1. The Labute approximate surface area is 57.8 Å². The van der Waals surface area contributed by atoms with Gasteiger partial charge in [0.05, 0.1) is 6.10 Å². The number of amides is 1. The standard InChI is InChI=1S/C5H10N2O3/c6-5(10)3-4(9)2(8)1-7-3/h2-4,7-9H,1H2,(H2,6,10)/t2-,3-,4-/m1/s1. The van der Waals surface area contributed by atoms with Gasteiger partial charge in [-0.25, -0.2) is 0 Å². The molecule has 1 rings (SSSR count). The summed E-state index contributed by atoms with van der Waals surface area (Å²) in [6.45, 7) is 0.217. The lowest BCUT2D eigenvalue weighted by Crippen LogP contribution is -2.44. The summed E-state index contributed by atoms with van der Waals surface area (Å²) in [6, 6.07) is -0.796. The first-order chi connectivity index (χ1) is 4.63. The zero-order valence-electron chi connectivity index (χ0n) is 5.32. The minimum atomic E-state index is -1.06. The Kier molecular flexibility index (Phi) is 1.89. The summed E-state index contributed by atoms with van der Waals surface area (Å²) in [5, 5.41) is 20.5. The molecule has 0 aliphatic carbocycles. The van der Waals surface area contributed by atoms with Gasteiger partial charge >= 0.3 is 0 Å². The minimum Gasteiger partial charge on any atom is -0.389 e. The van der Waals surface area contributed by atoms with Crippen molar-refractivity contribution in [2.24, 2.45) is 5.73 Å². The highest BCUT2D eigenvalue weighted by Gasteiger charge is 2.36. The summed E-state index contributed by atoms with van der Waals surface area (Å²) in [5.74, 6) is -0.635. The highest BCUT2D eigenvalue weighted by Crippen LogP contribution is 2.06. The Morgan fingerprint density at radius 1 is 1.60 bits per heavy atom. The maximum absolute atomic E-state index is 10.4. The van der Waals surface area contributed by atoms with Crippen LogP contribution in [-0.2, 0) is 4.79 Å². The topological polar surface area (TPSA) is 95.6 Å². The van der Waals surface area contributed by atoms with Crippen molar-refractivity contribution in [3.05, 3.63) is 0 Å².